The second kappa shape index (κ2) is 7.20. The summed E-state index contributed by atoms with van der Waals surface area (Å²) in [7, 11) is 6.28. The van der Waals surface area contributed by atoms with Crippen LogP contribution >= 0.6 is 0 Å². The van der Waals surface area contributed by atoms with Gasteiger partial charge in [-0.25, -0.2) is 14.2 Å². The highest BCUT2D eigenvalue weighted by atomic mass is 19.1. The smallest absolute Gasteiger partial charge is 0.343 e. The molecule has 8 heteroatoms. The largest absolute Gasteiger partial charge is 0.458 e. The molecule has 0 spiro atoms. The van der Waals surface area contributed by atoms with Gasteiger partial charge in [0.25, 0.3) is 5.56 Å². The maximum Gasteiger partial charge on any atom is 0.343 e. The molecule has 34 heavy (non-hydrogen) atoms. The summed E-state index contributed by atoms with van der Waals surface area (Å²) in [5, 5.41) is 12.0. The Labute approximate surface area is 197 Å². The average Bonchev–Trinajstić information content (AvgIpc) is 3.13. The summed E-state index contributed by atoms with van der Waals surface area (Å²) in [6, 6.07) is 4.99. The number of pyridine rings is 2. The quantitative estimate of drug-likeness (QED) is 0.370. The van der Waals surface area contributed by atoms with Crippen molar-refractivity contribution >= 4 is 16.9 Å². The number of cyclic esters (lactones) is 1. The van der Waals surface area contributed by atoms with E-state index < -0.39 is 11.6 Å². The van der Waals surface area contributed by atoms with Gasteiger partial charge >= 0.3 is 5.97 Å². The lowest BCUT2D eigenvalue weighted by Crippen LogP contribution is -2.44. The van der Waals surface area contributed by atoms with E-state index in [-0.39, 0.29) is 41.6 Å². The highest BCUT2D eigenvalue weighted by Gasteiger charge is 2.45. The van der Waals surface area contributed by atoms with E-state index in [4.69, 9.17) is 9.72 Å². The predicted molar refractivity (Wildman–Crippen MR) is 126 cm³/mol. The molecule has 0 saturated heterocycles. The number of quaternary nitrogens is 1. The fraction of sp³-hybridized carbons (Fsp3) is 0.423. The van der Waals surface area contributed by atoms with Crippen molar-refractivity contribution in [3.63, 3.8) is 0 Å². The number of nitrogens with zero attached hydrogens (tertiary/aromatic N) is 3. The van der Waals surface area contributed by atoms with Crippen molar-refractivity contribution in [2.24, 2.45) is 0 Å². The second-order valence-corrected chi connectivity index (χ2v) is 10.4. The molecule has 0 bridgehead atoms. The standard InChI is InChI=1S/C26H29FN3O4/c1-7-26(33)18-9-21-23-16(11-29(21)24(31)17(18)12-34-25(26)32)22(14(3)30(4,5)6)15-8-13(2)19(27)10-20(15)28-23/h8-10,14,33H,7,11-12H2,1-6H3/q+1/t14-,26-/m0/s1. The normalized spacial score (nSPS) is 20.1. The molecule has 4 heterocycles. The molecular formula is C26H29FN3O4+. The number of hydrogen-bond donors (Lipinski definition) is 1. The number of carbonyl (C=O) groups is 1. The number of carbonyl (C=O) groups excluding carboxylic acids is 1. The van der Waals surface area contributed by atoms with E-state index in [0.29, 0.717) is 33.5 Å². The summed E-state index contributed by atoms with van der Waals surface area (Å²) in [4.78, 5) is 30.8. The molecule has 0 aliphatic carbocycles. The molecule has 7 nitrogen and oxygen atoms in total. The zero-order chi connectivity index (χ0) is 24.7. The lowest BCUT2D eigenvalue weighted by atomic mass is 9.86. The molecule has 5 rings (SSSR count). The number of esters is 1. The maximum atomic E-state index is 14.6. The summed E-state index contributed by atoms with van der Waals surface area (Å²) in [5.74, 6) is -1.10. The van der Waals surface area contributed by atoms with E-state index >= 15 is 0 Å². The lowest BCUT2D eigenvalue weighted by Gasteiger charge is -2.33. The van der Waals surface area contributed by atoms with Crippen molar-refractivity contribution in [2.75, 3.05) is 21.1 Å². The molecule has 0 fully saturated rings. The molecule has 0 saturated carbocycles. The van der Waals surface area contributed by atoms with Crippen LogP contribution in [0.25, 0.3) is 22.3 Å². The second-order valence-electron chi connectivity index (χ2n) is 10.4. The number of benzene rings is 1. The first kappa shape index (κ1) is 22.7. The minimum absolute atomic E-state index is 0.0289. The molecular weight excluding hydrogens is 437 g/mol. The topological polar surface area (TPSA) is 81.4 Å². The molecule has 178 valence electrons. The van der Waals surface area contributed by atoms with Gasteiger partial charge in [-0.3, -0.25) is 4.79 Å². The number of hydrogen-bond acceptors (Lipinski definition) is 5. The van der Waals surface area contributed by atoms with E-state index in [2.05, 4.69) is 28.1 Å². The number of fused-ring (bicyclic) bond motifs is 5. The first-order valence-electron chi connectivity index (χ1n) is 11.5. The van der Waals surface area contributed by atoms with Gasteiger partial charge in [0.05, 0.1) is 50.2 Å². The Morgan fingerprint density at radius 2 is 1.94 bits per heavy atom. The minimum Gasteiger partial charge on any atom is -0.458 e. The Hall–Kier alpha value is -3.10. The van der Waals surface area contributed by atoms with Crippen LogP contribution in [0.1, 0.15) is 54.1 Å². The molecule has 0 radical (unpaired) electrons. The first-order chi connectivity index (χ1) is 15.9. The van der Waals surface area contributed by atoms with Crippen LogP contribution < -0.4 is 5.56 Å². The third-order valence-corrected chi connectivity index (χ3v) is 7.59. The lowest BCUT2D eigenvalue weighted by molar-refractivity contribution is -0.900. The molecule has 1 aromatic carbocycles. The van der Waals surface area contributed by atoms with Crippen LogP contribution in [0.5, 0.6) is 0 Å². The molecule has 0 unspecified atom stereocenters. The summed E-state index contributed by atoms with van der Waals surface area (Å²) in [6.07, 6.45) is 0.0774. The van der Waals surface area contributed by atoms with Gasteiger partial charge in [0.15, 0.2) is 5.60 Å². The van der Waals surface area contributed by atoms with Gasteiger partial charge in [0, 0.05) is 28.1 Å². The van der Waals surface area contributed by atoms with Crippen molar-refractivity contribution in [1.29, 1.82) is 0 Å². The fourth-order valence-corrected chi connectivity index (χ4v) is 5.10. The van der Waals surface area contributed by atoms with Gasteiger partial charge in [-0.05, 0) is 38.0 Å². The van der Waals surface area contributed by atoms with Gasteiger partial charge in [0.2, 0.25) is 0 Å². The molecule has 2 atom stereocenters. The summed E-state index contributed by atoms with van der Waals surface area (Å²) >= 11 is 0. The van der Waals surface area contributed by atoms with Crippen LogP contribution in [0.2, 0.25) is 0 Å². The Kier molecular flexibility index (Phi) is 4.80. The van der Waals surface area contributed by atoms with E-state index in [1.54, 1.807) is 24.5 Å². The van der Waals surface area contributed by atoms with E-state index in [1.165, 1.54) is 6.07 Å². The van der Waals surface area contributed by atoms with Crippen molar-refractivity contribution in [3.05, 3.63) is 62.2 Å². The molecule has 0 amide bonds. The van der Waals surface area contributed by atoms with Gasteiger partial charge in [-0.2, -0.15) is 0 Å². The number of rotatable bonds is 3. The highest BCUT2D eigenvalue weighted by molar-refractivity contribution is 5.90. The molecule has 2 aliphatic rings. The van der Waals surface area contributed by atoms with Crippen molar-refractivity contribution < 1.29 is 23.5 Å². The number of aromatic nitrogens is 2. The number of aliphatic hydroxyl groups is 1. The van der Waals surface area contributed by atoms with Gasteiger partial charge in [-0.15, -0.1) is 0 Å². The average molecular weight is 467 g/mol. The molecule has 3 aromatic rings. The zero-order valence-corrected chi connectivity index (χ0v) is 20.3. The SMILES string of the molecule is CC[C@@]1(O)C(=O)OCc2c1cc1n(c2=O)Cc2c-1nc1cc(F)c(C)cc1c2[C@H](C)[N+](C)(C)C. The molecule has 1 N–H and O–H groups in total. The fourth-order valence-electron chi connectivity index (χ4n) is 5.10. The Balaban J connectivity index is 1.87. The van der Waals surface area contributed by atoms with Crippen LogP contribution in [0, 0.1) is 12.7 Å². The van der Waals surface area contributed by atoms with Crippen LogP contribution in [0.15, 0.2) is 23.0 Å². The van der Waals surface area contributed by atoms with Crippen LogP contribution in [0.3, 0.4) is 0 Å². The molecule has 2 aliphatic heterocycles. The third-order valence-electron chi connectivity index (χ3n) is 7.59. The van der Waals surface area contributed by atoms with Crippen LogP contribution in [0.4, 0.5) is 4.39 Å². The summed E-state index contributed by atoms with van der Waals surface area (Å²) < 4.78 is 22.0. The molecule has 2 aromatic heterocycles. The van der Waals surface area contributed by atoms with Gasteiger partial charge in [0.1, 0.15) is 18.5 Å². The number of ether oxygens (including phenoxy) is 1. The van der Waals surface area contributed by atoms with Crippen molar-refractivity contribution in [2.45, 2.75) is 52.0 Å². The van der Waals surface area contributed by atoms with E-state index in [0.717, 1.165) is 16.5 Å². The van der Waals surface area contributed by atoms with E-state index in [9.17, 15) is 19.1 Å². The zero-order valence-electron chi connectivity index (χ0n) is 20.3. The summed E-state index contributed by atoms with van der Waals surface area (Å²) in [5.41, 5.74) is 2.46. The maximum absolute atomic E-state index is 14.6. The van der Waals surface area contributed by atoms with Gasteiger partial charge < -0.3 is 18.9 Å². The Bertz CT molecular complexity index is 1450. The summed E-state index contributed by atoms with van der Waals surface area (Å²) in [6.45, 7) is 5.67. The van der Waals surface area contributed by atoms with Crippen LogP contribution in [-0.4, -0.2) is 46.3 Å². The Morgan fingerprint density at radius 3 is 2.59 bits per heavy atom. The predicted octanol–water partition coefficient (Wildman–Crippen LogP) is 3.29. The van der Waals surface area contributed by atoms with Gasteiger partial charge in [-0.1, -0.05) is 6.92 Å². The Morgan fingerprint density at radius 1 is 1.24 bits per heavy atom. The van der Waals surface area contributed by atoms with E-state index in [1.807, 2.05) is 6.07 Å². The van der Waals surface area contributed by atoms with Crippen LogP contribution in [-0.2, 0) is 28.3 Å². The third kappa shape index (κ3) is 2.98. The first-order valence-corrected chi connectivity index (χ1v) is 11.5. The monoisotopic (exact) mass is 466 g/mol. The highest BCUT2D eigenvalue weighted by Crippen LogP contribution is 2.43. The number of halogens is 1. The number of aryl methyl sites for hydroxylation is 1. The van der Waals surface area contributed by atoms with Crippen molar-refractivity contribution in [1.82, 2.24) is 9.55 Å². The minimum atomic E-state index is -1.89. The van der Waals surface area contributed by atoms with Crippen molar-refractivity contribution in [3.8, 4) is 11.4 Å².